The Morgan fingerprint density at radius 2 is 1.61 bits per heavy atom. The summed E-state index contributed by atoms with van der Waals surface area (Å²) in [6.07, 6.45) is 2.28. The summed E-state index contributed by atoms with van der Waals surface area (Å²) in [7, 11) is 4.36. The summed E-state index contributed by atoms with van der Waals surface area (Å²) in [5, 5.41) is 5.35. The lowest BCUT2D eigenvalue weighted by Gasteiger charge is -2.10. The molecule has 2 aromatic heterocycles. The van der Waals surface area contributed by atoms with Crippen molar-refractivity contribution in [3.8, 4) is 11.3 Å². The Labute approximate surface area is 165 Å². The molecule has 5 aromatic rings. The Morgan fingerprint density at radius 1 is 0.821 bits per heavy atom. The summed E-state index contributed by atoms with van der Waals surface area (Å²) in [5.41, 5.74) is 9.10. The molecule has 28 heavy (non-hydrogen) atoms. The minimum atomic E-state index is 1.28. The van der Waals surface area contributed by atoms with Gasteiger partial charge in [-0.05, 0) is 49.2 Å². The second-order valence-electron chi connectivity index (χ2n) is 8.05. The van der Waals surface area contributed by atoms with Crippen LogP contribution in [0.5, 0.6) is 0 Å². The molecule has 0 saturated carbocycles. The highest BCUT2D eigenvalue weighted by Crippen LogP contribution is 2.39. The van der Waals surface area contributed by atoms with E-state index in [-0.39, 0.29) is 0 Å². The fraction of sp³-hybridized carbons (Fsp3) is 0.192. The summed E-state index contributed by atoms with van der Waals surface area (Å²) in [5.74, 6) is 0. The number of hydrogen-bond acceptors (Lipinski definition) is 0. The predicted octanol–water partition coefficient (Wildman–Crippen LogP) is 5.90. The van der Waals surface area contributed by atoms with E-state index in [4.69, 9.17) is 0 Å². The molecular weight excluding hydrogens is 340 g/mol. The first-order valence-electron chi connectivity index (χ1n) is 9.84. The zero-order chi connectivity index (χ0) is 19.6. The average Bonchev–Trinajstić information content (AvgIpc) is 2.97. The Kier molecular flexibility index (Phi) is 3.60. The van der Waals surface area contributed by atoms with E-state index < -0.39 is 0 Å². The highest BCUT2D eigenvalue weighted by Gasteiger charge is 2.25. The second-order valence-corrected chi connectivity index (χ2v) is 8.05. The van der Waals surface area contributed by atoms with E-state index in [1.165, 1.54) is 60.5 Å². The zero-order valence-corrected chi connectivity index (χ0v) is 17.2. The maximum absolute atomic E-state index is 2.37. The first kappa shape index (κ1) is 17.0. The van der Waals surface area contributed by atoms with Gasteiger partial charge in [-0.25, -0.2) is 0 Å². The molecule has 0 aliphatic heterocycles. The molecule has 0 N–H and O–H groups in total. The van der Waals surface area contributed by atoms with E-state index in [1.807, 2.05) is 0 Å². The van der Waals surface area contributed by atoms with Crippen LogP contribution in [-0.2, 0) is 14.1 Å². The van der Waals surface area contributed by atoms with E-state index in [0.29, 0.717) is 0 Å². The molecule has 0 atom stereocenters. The predicted molar refractivity (Wildman–Crippen MR) is 119 cm³/mol. The Balaban J connectivity index is 2.05. The topological polar surface area (TPSA) is 8.81 Å². The van der Waals surface area contributed by atoms with Crippen molar-refractivity contribution >= 4 is 32.6 Å². The van der Waals surface area contributed by atoms with Crippen LogP contribution in [0, 0.1) is 20.8 Å². The van der Waals surface area contributed by atoms with Gasteiger partial charge in [-0.3, -0.25) is 0 Å². The van der Waals surface area contributed by atoms with Crippen molar-refractivity contribution in [2.45, 2.75) is 20.8 Å². The number of benzene rings is 3. The number of rotatable bonds is 1. The van der Waals surface area contributed by atoms with Crippen LogP contribution in [0.25, 0.3) is 43.8 Å². The zero-order valence-electron chi connectivity index (χ0n) is 17.2. The van der Waals surface area contributed by atoms with Crippen LogP contribution in [-0.4, -0.2) is 4.57 Å². The quantitative estimate of drug-likeness (QED) is 0.327. The molecule has 0 fully saturated rings. The summed E-state index contributed by atoms with van der Waals surface area (Å²) >= 11 is 0. The SMILES string of the molecule is Cc1ccc(-c2c3c(c(C)c[n+]2C)c2c4ccccc4ccc2n3C)c(C)c1. The van der Waals surface area contributed by atoms with Crippen LogP contribution < -0.4 is 4.57 Å². The van der Waals surface area contributed by atoms with Crippen LogP contribution in [0.3, 0.4) is 0 Å². The molecule has 2 heterocycles. The highest BCUT2D eigenvalue weighted by atomic mass is 15.0. The largest absolute Gasteiger partial charge is 0.338 e. The van der Waals surface area contributed by atoms with Gasteiger partial charge in [0.1, 0.15) is 12.6 Å². The van der Waals surface area contributed by atoms with Crippen molar-refractivity contribution in [3.63, 3.8) is 0 Å². The number of aromatic nitrogens is 2. The third-order valence-corrected chi connectivity index (χ3v) is 6.09. The molecule has 0 aliphatic rings. The van der Waals surface area contributed by atoms with E-state index in [2.05, 4.69) is 105 Å². The lowest BCUT2D eigenvalue weighted by molar-refractivity contribution is -0.659. The van der Waals surface area contributed by atoms with Crippen molar-refractivity contribution in [2.24, 2.45) is 14.1 Å². The molecule has 138 valence electrons. The molecule has 0 radical (unpaired) electrons. The van der Waals surface area contributed by atoms with Gasteiger partial charge in [0.2, 0.25) is 5.69 Å². The van der Waals surface area contributed by atoms with Crippen molar-refractivity contribution in [1.29, 1.82) is 0 Å². The first-order valence-corrected chi connectivity index (χ1v) is 9.84. The molecule has 5 rings (SSSR count). The highest BCUT2D eigenvalue weighted by molar-refractivity contribution is 6.23. The van der Waals surface area contributed by atoms with Gasteiger partial charge >= 0.3 is 0 Å². The standard InChI is InChI=1S/C26H25N2/c1-16-10-12-20(17(2)14-16)25-26-23(18(3)15-27(25)4)24-21-9-7-6-8-19(21)11-13-22(24)28(26)5/h6-15H,1-5H3/q+1. The van der Waals surface area contributed by atoms with Gasteiger partial charge < -0.3 is 4.57 Å². The van der Waals surface area contributed by atoms with Gasteiger partial charge in [0.15, 0.2) is 6.20 Å². The van der Waals surface area contributed by atoms with Crippen LogP contribution in [0.15, 0.2) is 60.8 Å². The summed E-state index contributed by atoms with van der Waals surface area (Å²) in [6, 6.07) is 20.0. The normalized spacial score (nSPS) is 11.8. The first-order chi connectivity index (χ1) is 13.5. The van der Waals surface area contributed by atoms with Gasteiger partial charge in [0.25, 0.3) is 0 Å². The molecule has 0 aliphatic carbocycles. The third kappa shape index (κ3) is 2.24. The fourth-order valence-electron chi connectivity index (χ4n) is 4.85. The lowest BCUT2D eigenvalue weighted by atomic mass is 9.98. The molecule has 0 unspecified atom stereocenters. The van der Waals surface area contributed by atoms with Crippen LogP contribution in [0.1, 0.15) is 16.7 Å². The van der Waals surface area contributed by atoms with Crippen LogP contribution in [0.4, 0.5) is 0 Å². The monoisotopic (exact) mass is 365 g/mol. The van der Waals surface area contributed by atoms with E-state index in [0.717, 1.165) is 0 Å². The third-order valence-electron chi connectivity index (χ3n) is 6.09. The number of aryl methyl sites for hydroxylation is 5. The molecule has 2 nitrogen and oxygen atoms in total. The van der Waals surface area contributed by atoms with Gasteiger partial charge in [0.05, 0.1) is 5.56 Å². The number of nitrogens with zero attached hydrogens (tertiary/aromatic N) is 2. The van der Waals surface area contributed by atoms with Crippen LogP contribution in [0.2, 0.25) is 0 Å². The maximum Gasteiger partial charge on any atom is 0.237 e. The molecule has 0 bridgehead atoms. The maximum atomic E-state index is 2.37. The van der Waals surface area contributed by atoms with Gasteiger partial charge in [0, 0.05) is 28.9 Å². The Bertz CT molecular complexity index is 1400. The van der Waals surface area contributed by atoms with Crippen molar-refractivity contribution in [2.75, 3.05) is 0 Å². The van der Waals surface area contributed by atoms with Gasteiger partial charge in [-0.1, -0.05) is 48.0 Å². The summed E-state index contributed by atoms with van der Waals surface area (Å²) < 4.78 is 4.66. The van der Waals surface area contributed by atoms with Crippen molar-refractivity contribution in [3.05, 3.63) is 77.5 Å². The van der Waals surface area contributed by atoms with E-state index >= 15 is 0 Å². The molecule has 2 heteroatoms. The van der Waals surface area contributed by atoms with E-state index in [9.17, 15) is 0 Å². The summed E-state index contributed by atoms with van der Waals surface area (Å²) in [6.45, 7) is 6.60. The number of pyridine rings is 1. The molecule has 0 amide bonds. The molecule has 0 spiro atoms. The van der Waals surface area contributed by atoms with Gasteiger partial charge in [-0.15, -0.1) is 0 Å². The second kappa shape index (κ2) is 5.93. The molecule has 3 aromatic carbocycles. The smallest absolute Gasteiger partial charge is 0.237 e. The van der Waals surface area contributed by atoms with Crippen LogP contribution >= 0.6 is 0 Å². The molecular formula is C26H25N2+. The number of fused-ring (bicyclic) bond motifs is 5. The van der Waals surface area contributed by atoms with E-state index in [1.54, 1.807) is 0 Å². The molecule has 0 saturated heterocycles. The minimum absolute atomic E-state index is 1.28. The summed E-state index contributed by atoms with van der Waals surface area (Å²) in [4.78, 5) is 0. The Hall–Kier alpha value is -3.13. The average molecular weight is 366 g/mol. The lowest BCUT2D eigenvalue weighted by Crippen LogP contribution is -2.32. The minimum Gasteiger partial charge on any atom is -0.338 e. The van der Waals surface area contributed by atoms with Gasteiger partial charge in [-0.2, -0.15) is 4.57 Å². The Morgan fingerprint density at radius 3 is 2.39 bits per heavy atom. The number of hydrogen-bond donors (Lipinski definition) is 0. The van der Waals surface area contributed by atoms with Crippen molar-refractivity contribution < 1.29 is 4.57 Å². The van der Waals surface area contributed by atoms with Crippen molar-refractivity contribution in [1.82, 2.24) is 4.57 Å². The fourth-order valence-corrected chi connectivity index (χ4v) is 4.85.